The molecule has 0 spiro atoms. The van der Waals surface area contributed by atoms with Gasteiger partial charge in [0, 0.05) is 12.1 Å². The molecule has 1 aliphatic rings. The third-order valence-corrected chi connectivity index (χ3v) is 7.16. The average molecular weight is 564 g/mol. The normalized spacial score (nSPS) is 17.2. The number of likely N-dealkylation sites (tertiary alicyclic amines) is 1. The van der Waals surface area contributed by atoms with Crippen LogP contribution in [0.25, 0.3) is 5.76 Å². The van der Waals surface area contributed by atoms with E-state index < -0.39 is 17.7 Å². The number of aliphatic hydroxyl groups excluding tert-OH is 1. The zero-order chi connectivity index (χ0) is 26.9. The van der Waals surface area contributed by atoms with Gasteiger partial charge in [0.2, 0.25) is 0 Å². The predicted octanol–water partition coefficient (Wildman–Crippen LogP) is 6.39. The molecule has 1 unspecified atom stereocenters. The number of benzene rings is 3. The number of halogens is 1. The number of Topliss-reactive ketones (excluding diaryl/α,β-unsaturated/α-hetero) is 1. The van der Waals surface area contributed by atoms with Crippen molar-refractivity contribution in [3.8, 4) is 11.5 Å². The van der Waals surface area contributed by atoms with Crippen molar-refractivity contribution in [2.75, 3.05) is 14.2 Å². The topological polar surface area (TPSA) is 76.1 Å². The van der Waals surface area contributed by atoms with Crippen LogP contribution < -0.4 is 9.47 Å². The number of nitrogens with zero attached hydrogens (tertiary/aromatic N) is 1. The number of ketones is 1. The van der Waals surface area contributed by atoms with Gasteiger partial charge >= 0.3 is 0 Å². The number of hydrogen-bond acceptors (Lipinski definition) is 5. The van der Waals surface area contributed by atoms with Crippen molar-refractivity contribution < 1.29 is 24.2 Å². The van der Waals surface area contributed by atoms with E-state index in [0.29, 0.717) is 21.5 Å². The fourth-order valence-corrected chi connectivity index (χ4v) is 5.03. The van der Waals surface area contributed by atoms with E-state index in [4.69, 9.17) is 9.47 Å². The zero-order valence-corrected chi connectivity index (χ0v) is 23.1. The Hall–Kier alpha value is -3.58. The van der Waals surface area contributed by atoms with Crippen LogP contribution in [0.4, 0.5) is 0 Å². The number of ether oxygens (including phenoxy) is 2. The van der Waals surface area contributed by atoms with Gasteiger partial charge < -0.3 is 19.5 Å². The van der Waals surface area contributed by atoms with Gasteiger partial charge in [0.05, 0.1) is 30.3 Å². The number of methoxy groups -OCH3 is 2. The highest BCUT2D eigenvalue weighted by Gasteiger charge is 2.46. The van der Waals surface area contributed by atoms with Crippen molar-refractivity contribution in [1.29, 1.82) is 0 Å². The van der Waals surface area contributed by atoms with Crippen molar-refractivity contribution in [3.63, 3.8) is 0 Å². The molecule has 1 atom stereocenters. The van der Waals surface area contributed by atoms with Crippen molar-refractivity contribution >= 4 is 33.4 Å². The maximum absolute atomic E-state index is 13.4. The SMILES string of the molecule is COc1cccc(CN2C(=O)C(=O)/C(=C(\O)c3ccc(OC)c(Br)c3)C2c2ccc(C(C)(C)C)cc2)c1. The van der Waals surface area contributed by atoms with E-state index in [-0.39, 0.29) is 23.3 Å². The molecular formula is C30H30BrNO5. The molecular weight excluding hydrogens is 534 g/mol. The molecule has 1 fully saturated rings. The van der Waals surface area contributed by atoms with Crippen LogP contribution in [0.1, 0.15) is 49.1 Å². The molecule has 3 aromatic carbocycles. The van der Waals surface area contributed by atoms with Gasteiger partial charge in [-0.2, -0.15) is 0 Å². The molecule has 192 valence electrons. The van der Waals surface area contributed by atoms with E-state index in [1.807, 2.05) is 48.5 Å². The van der Waals surface area contributed by atoms with Crippen LogP contribution in [-0.4, -0.2) is 35.9 Å². The molecule has 7 heteroatoms. The van der Waals surface area contributed by atoms with E-state index in [9.17, 15) is 14.7 Å². The van der Waals surface area contributed by atoms with Crippen LogP contribution in [0, 0.1) is 0 Å². The van der Waals surface area contributed by atoms with Gasteiger partial charge in [-0.25, -0.2) is 0 Å². The Kier molecular flexibility index (Phi) is 7.46. The highest BCUT2D eigenvalue weighted by atomic mass is 79.9. The molecule has 37 heavy (non-hydrogen) atoms. The lowest BCUT2D eigenvalue weighted by atomic mass is 9.85. The molecule has 0 aromatic heterocycles. The quantitative estimate of drug-likeness (QED) is 0.214. The van der Waals surface area contributed by atoms with Crippen LogP contribution in [0.2, 0.25) is 0 Å². The zero-order valence-electron chi connectivity index (χ0n) is 21.5. The molecule has 1 heterocycles. The minimum atomic E-state index is -0.763. The molecule has 0 radical (unpaired) electrons. The fraction of sp³-hybridized carbons (Fsp3) is 0.267. The third kappa shape index (κ3) is 5.27. The smallest absolute Gasteiger partial charge is 0.295 e. The van der Waals surface area contributed by atoms with E-state index in [1.165, 1.54) is 4.90 Å². The number of carbonyl (C=O) groups excluding carboxylic acids is 2. The number of aliphatic hydroxyl groups is 1. The van der Waals surface area contributed by atoms with Gasteiger partial charge in [-0.3, -0.25) is 9.59 Å². The summed E-state index contributed by atoms with van der Waals surface area (Å²) in [6.45, 7) is 6.55. The van der Waals surface area contributed by atoms with Gasteiger partial charge in [0.1, 0.15) is 17.3 Å². The first-order valence-corrected chi connectivity index (χ1v) is 12.7. The highest BCUT2D eigenvalue weighted by molar-refractivity contribution is 9.10. The predicted molar refractivity (Wildman–Crippen MR) is 147 cm³/mol. The maximum atomic E-state index is 13.4. The Bertz CT molecular complexity index is 1370. The second-order valence-electron chi connectivity index (χ2n) is 10.00. The second-order valence-corrected chi connectivity index (χ2v) is 10.9. The molecule has 1 aliphatic heterocycles. The first-order valence-electron chi connectivity index (χ1n) is 11.9. The summed E-state index contributed by atoms with van der Waals surface area (Å²) >= 11 is 3.43. The lowest BCUT2D eigenvalue weighted by molar-refractivity contribution is -0.140. The van der Waals surface area contributed by atoms with E-state index >= 15 is 0 Å². The van der Waals surface area contributed by atoms with Crippen molar-refractivity contribution in [2.45, 2.75) is 38.8 Å². The number of rotatable bonds is 6. The molecule has 6 nitrogen and oxygen atoms in total. The fourth-order valence-electron chi connectivity index (χ4n) is 4.49. The summed E-state index contributed by atoms with van der Waals surface area (Å²) in [4.78, 5) is 28.3. The van der Waals surface area contributed by atoms with Crippen LogP contribution in [-0.2, 0) is 21.5 Å². The first kappa shape index (κ1) is 26.5. The molecule has 3 aromatic rings. The third-order valence-electron chi connectivity index (χ3n) is 6.54. The van der Waals surface area contributed by atoms with Gasteiger partial charge in [0.25, 0.3) is 11.7 Å². The minimum absolute atomic E-state index is 0.0495. The van der Waals surface area contributed by atoms with Crippen molar-refractivity contribution in [1.82, 2.24) is 4.90 Å². The largest absolute Gasteiger partial charge is 0.507 e. The summed E-state index contributed by atoms with van der Waals surface area (Å²) in [5.41, 5.74) is 3.07. The second kappa shape index (κ2) is 10.4. The summed E-state index contributed by atoms with van der Waals surface area (Å²) in [6, 6.07) is 19.5. The average Bonchev–Trinajstić information content (AvgIpc) is 3.12. The molecule has 1 N–H and O–H groups in total. The lowest BCUT2D eigenvalue weighted by Gasteiger charge is -2.27. The molecule has 0 saturated carbocycles. The maximum Gasteiger partial charge on any atom is 0.295 e. The molecule has 1 amide bonds. The molecule has 0 aliphatic carbocycles. The van der Waals surface area contributed by atoms with Crippen molar-refractivity contribution in [3.05, 3.63) is 99.0 Å². The minimum Gasteiger partial charge on any atom is -0.507 e. The molecule has 0 bridgehead atoms. The Morgan fingerprint density at radius 3 is 2.27 bits per heavy atom. The lowest BCUT2D eigenvalue weighted by Crippen LogP contribution is -2.29. The van der Waals surface area contributed by atoms with Crippen LogP contribution in [0.15, 0.2) is 76.8 Å². The Morgan fingerprint density at radius 2 is 1.68 bits per heavy atom. The Balaban J connectivity index is 1.86. The number of amides is 1. The monoisotopic (exact) mass is 563 g/mol. The summed E-state index contributed by atoms with van der Waals surface area (Å²) in [7, 11) is 3.13. The van der Waals surface area contributed by atoms with Crippen LogP contribution >= 0.6 is 15.9 Å². The van der Waals surface area contributed by atoms with Gasteiger partial charge in [-0.15, -0.1) is 0 Å². The van der Waals surface area contributed by atoms with Crippen molar-refractivity contribution in [2.24, 2.45) is 0 Å². The summed E-state index contributed by atoms with van der Waals surface area (Å²) in [6.07, 6.45) is 0. The standard InChI is InChI=1S/C30H30BrNO5/c1-30(2,3)21-12-9-19(10-13-21)26-25(27(33)20-11-14-24(37-5)23(31)16-20)28(34)29(35)32(26)17-18-7-6-8-22(15-18)36-4/h6-16,26,33H,17H2,1-5H3/b27-25-. The first-order chi connectivity index (χ1) is 17.5. The highest BCUT2D eigenvalue weighted by Crippen LogP contribution is 2.41. The summed E-state index contributed by atoms with van der Waals surface area (Å²) < 4.78 is 11.2. The Labute approximate surface area is 225 Å². The van der Waals surface area contributed by atoms with Gasteiger partial charge in [0.15, 0.2) is 0 Å². The van der Waals surface area contributed by atoms with Gasteiger partial charge in [-0.1, -0.05) is 57.2 Å². The molecule has 1 saturated heterocycles. The number of carbonyl (C=O) groups is 2. The van der Waals surface area contributed by atoms with E-state index in [1.54, 1.807) is 32.4 Å². The van der Waals surface area contributed by atoms with Crippen LogP contribution in [0.3, 0.4) is 0 Å². The van der Waals surface area contributed by atoms with Gasteiger partial charge in [-0.05, 0) is 68.4 Å². The Morgan fingerprint density at radius 1 is 0.973 bits per heavy atom. The van der Waals surface area contributed by atoms with E-state index in [0.717, 1.165) is 16.7 Å². The number of hydrogen-bond donors (Lipinski definition) is 1. The molecule has 4 rings (SSSR count). The summed E-state index contributed by atoms with van der Waals surface area (Å²) in [5, 5.41) is 11.4. The summed E-state index contributed by atoms with van der Waals surface area (Å²) in [5.74, 6) is -0.383. The van der Waals surface area contributed by atoms with E-state index in [2.05, 4.69) is 36.7 Å². The van der Waals surface area contributed by atoms with Crippen LogP contribution in [0.5, 0.6) is 11.5 Å².